The highest BCUT2D eigenvalue weighted by atomic mass is 15.3. The van der Waals surface area contributed by atoms with Crippen LogP contribution in [0.25, 0.3) is 16.9 Å². The first-order valence-electron chi connectivity index (χ1n) is 9.85. The fourth-order valence-electron chi connectivity index (χ4n) is 3.34. The van der Waals surface area contributed by atoms with Crippen LogP contribution in [0.4, 0.5) is 11.4 Å². The van der Waals surface area contributed by atoms with E-state index in [4.69, 9.17) is 0 Å². The summed E-state index contributed by atoms with van der Waals surface area (Å²) in [4.78, 5) is 4.54. The van der Waals surface area contributed by atoms with Gasteiger partial charge in [-0.3, -0.25) is 4.98 Å². The van der Waals surface area contributed by atoms with Crippen LogP contribution >= 0.6 is 0 Å². The highest BCUT2D eigenvalue weighted by molar-refractivity contribution is 5.71. The fourth-order valence-corrected chi connectivity index (χ4v) is 3.34. The third kappa shape index (κ3) is 4.21. The van der Waals surface area contributed by atoms with Gasteiger partial charge in [-0.05, 0) is 72.5 Å². The molecular weight excluding hydrogens is 356 g/mol. The molecule has 0 unspecified atom stereocenters. The van der Waals surface area contributed by atoms with E-state index in [0.29, 0.717) is 0 Å². The van der Waals surface area contributed by atoms with Crippen LogP contribution in [0, 0.1) is 6.92 Å². The van der Waals surface area contributed by atoms with Gasteiger partial charge in [0.15, 0.2) is 0 Å². The molecule has 4 rings (SSSR count). The lowest BCUT2D eigenvalue weighted by Crippen LogP contribution is -2.11. The van der Waals surface area contributed by atoms with Gasteiger partial charge in [0, 0.05) is 35.0 Å². The van der Waals surface area contributed by atoms with Crippen molar-refractivity contribution in [3.63, 3.8) is 0 Å². The van der Waals surface area contributed by atoms with Crippen molar-refractivity contribution in [2.75, 3.05) is 5.32 Å². The zero-order chi connectivity index (χ0) is 20.4. The highest BCUT2D eigenvalue weighted by Crippen LogP contribution is 2.32. The Balaban J connectivity index is 1.73. The molecule has 2 heterocycles. The molecule has 4 aromatic rings. The van der Waals surface area contributed by atoms with Crippen LogP contribution < -0.4 is 5.32 Å². The van der Waals surface area contributed by atoms with Crippen LogP contribution in [0.2, 0.25) is 0 Å². The molecule has 2 aromatic heterocycles. The van der Waals surface area contributed by atoms with Crippen molar-refractivity contribution in [1.82, 2.24) is 14.8 Å². The van der Waals surface area contributed by atoms with E-state index >= 15 is 0 Å². The third-order valence-corrected chi connectivity index (χ3v) is 4.97. The predicted molar refractivity (Wildman–Crippen MR) is 120 cm³/mol. The number of hydrogen-bond acceptors (Lipinski definition) is 3. The third-order valence-electron chi connectivity index (χ3n) is 4.97. The van der Waals surface area contributed by atoms with E-state index in [0.717, 1.165) is 34.0 Å². The fraction of sp³-hybridized carbons (Fsp3) is 0.200. The number of aromatic nitrogens is 3. The summed E-state index contributed by atoms with van der Waals surface area (Å²) in [5.74, 6) is 0. The number of nitrogens with zero attached hydrogens (tertiary/aromatic N) is 3. The topological polar surface area (TPSA) is 42.7 Å². The molecule has 2 aromatic carbocycles. The number of rotatable bonds is 4. The van der Waals surface area contributed by atoms with Crippen molar-refractivity contribution in [1.29, 1.82) is 0 Å². The van der Waals surface area contributed by atoms with Gasteiger partial charge in [0.1, 0.15) is 0 Å². The van der Waals surface area contributed by atoms with Crippen molar-refractivity contribution >= 4 is 11.4 Å². The molecule has 0 bridgehead atoms. The van der Waals surface area contributed by atoms with Gasteiger partial charge in [0.05, 0.1) is 11.4 Å². The predicted octanol–water partition coefficient (Wildman–Crippen LogP) is 6.28. The van der Waals surface area contributed by atoms with Gasteiger partial charge in [0.2, 0.25) is 0 Å². The smallest absolute Gasteiger partial charge is 0.0702 e. The molecule has 0 fully saturated rings. The Kier molecular flexibility index (Phi) is 4.93. The van der Waals surface area contributed by atoms with Gasteiger partial charge in [0.25, 0.3) is 0 Å². The molecule has 0 aliphatic rings. The van der Waals surface area contributed by atoms with Gasteiger partial charge in [-0.1, -0.05) is 32.9 Å². The molecule has 146 valence electrons. The quantitative estimate of drug-likeness (QED) is 0.451. The molecule has 0 saturated heterocycles. The maximum atomic E-state index is 4.54. The lowest BCUT2D eigenvalue weighted by Gasteiger charge is -2.22. The van der Waals surface area contributed by atoms with Crippen molar-refractivity contribution < 1.29 is 0 Å². The SMILES string of the molecule is Cc1ccnn1-c1cccc(Nc2cc(-c3ccccn3)cc(C(C)(C)C)c2)c1. The maximum absolute atomic E-state index is 4.54. The minimum atomic E-state index is 0.0369. The summed E-state index contributed by atoms with van der Waals surface area (Å²) in [5.41, 5.74) is 7.60. The Morgan fingerprint density at radius 3 is 2.38 bits per heavy atom. The second-order valence-corrected chi connectivity index (χ2v) is 8.32. The molecule has 0 radical (unpaired) electrons. The summed E-state index contributed by atoms with van der Waals surface area (Å²) >= 11 is 0. The summed E-state index contributed by atoms with van der Waals surface area (Å²) in [6.45, 7) is 8.75. The van der Waals surface area contributed by atoms with Crippen LogP contribution in [0.15, 0.2) is 79.1 Å². The van der Waals surface area contributed by atoms with E-state index < -0.39 is 0 Å². The van der Waals surface area contributed by atoms with Crippen molar-refractivity contribution in [2.45, 2.75) is 33.1 Å². The maximum Gasteiger partial charge on any atom is 0.0702 e. The average molecular weight is 383 g/mol. The molecule has 0 atom stereocenters. The summed E-state index contributed by atoms with van der Waals surface area (Å²) < 4.78 is 1.94. The van der Waals surface area contributed by atoms with Crippen LogP contribution in [0.3, 0.4) is 0 Å². The summed E-state index contributed by atoms with van der Waals surface area (Å²) in [6, 6.07) is 22.9. The number of anilines is 2. The number of nitrogens with one attached hydrogen (secondary N) is 1. The van der Waals surface area contributed by atoms with Gasteiger partial charge >= 0.3 is 0 Å². The van der Waals surface area contributed by atoms with Crippen LogP contribution in [0.5, 0.6) is 0 Å². The molecule has 0 amide bonds. The van der Waals surface area contributed by atoms with E-state index in [1.54, 1.807) is 0 Å². The Hall–Kier alpha value is -3.40. The highest BCUT2D eigenvalue weighted by Gasteiger charge is 2.16. The standard InChI is InChI=1S/C25H26N4/c1-18-11-13-27-29(18)23-9-7-8-21(17-23)28-22-15-19(24-10-5-6-12-26-24)14-20(16-22)25(2,3)4/h5-17,28H,1-4H3. The Morgan fingerprint density at radius 2 is 1.69 bits per heavy atom. The van der Waals surface area contributed by atoms with Crippen LogP contribution in [0.1, 0.15) is 32.0 Å². The lowest BCUT2D eigenvalue weighted by atomic mass is 9.85. The van der Waals surface area contributed by atoms with Crippen molar-refractivity contribution in [2.24, 2.45) is 0 Å². The van der Waals surface area contributed by atoms with E-state index in [9.17, 15) is 0 Å². The number of pyridine rings is 1. The Bertz CT molecular complexity index is 1120. The summed E-state index contributed by atoms with van der Waals surface area (Å²) in [7, 11) is 0. The molecule has 0 aliphatic carbocycles. The molecule has 1 N–H and O–H groups in total. The van der Waals surface area contributed by atoms with E-state index in [1.165, 1.54) is 5.56 Å². The molecule has 29 heavy (non-hydrogen) atoms. The zero-order valence-corrected chi connectivity index (χ0v) is 17.3. The molecule has 4 nitrogen and oxygen atoms in total. The van der Waals surface area contributed by atoms with Gasteiger partial charge < -0.3 is 5.32 Å². The first-order valence-corrected chi connectivity index (χ1v) is 9.85. The van der Waals surface area contributed by atoms with E-state index in [-0.39, 0.29) is 5.41 Å². The van der Waals surface area contributed by atoms with E-state index in [1.807, 2.05) is 47.4 Å². The monoisotopic (exact) mass is 382 g/mol. The molecule has 0 saturated carbocycles. The molecule has 4 heteroatoms. The van der Waals surface area contributed by atoms with Gasteiger partial charge in [-0.15, -0.1) is 0 Å². The van der Waals surface area contributed by atoms with E-state index in [2.05, 4.69) is 79.5 Å². The number of benzene rings is 2. The van der Waals surface area contributed by atoms with Crippen LogP contribution in [-0.4, -0.2) is 14.8 Å². The van der Waals surface area contributed by atoms with Crippen molar-refractivity contribution in [3.8, 4) is 16.9 Å². The van der Waals surface area contributed by atoms with Gasteiger partial charge in [-0.2, -0.15) is 5.10 Å². The molecule has 0 spiro atoms. The molecular formula is C25H26N4. The Labute approximate surface area is 172 Å². The minimum absolute atomic E-state index is 0.0369. The number of aryl methyl sites for hydroxylation is 1. The normalized spacial score (nSPS) is 11.4. The van der Waals surface area contributed by atoms with Gasteiger partial charge in [-0.25, -0.2) is 4.68 Å². The first-order chi connectivity index (χ1) is 13.9. The van der Waals surface area contributed by atoms with Crippen molar-refractivity contribution in [3.05, 3.63) is 90.4 Å². The summed E-state index contributed by atoms with van der Waals surface area (Å²) in [5, 5.41) is 7.99. The number of hydrogen-bond donors (Lipinski definition) is 1. The zero-order valence-electron chi connectivity index (χ0n) is 17.3. The average Bonchev–Trinajstić information content (AvgIpc) is 3.14. The lowest BCUT2D eigenvalue weighted by molar-refractivity contribution is 0.590. The largest absolute Gasteiger partial charge is 0.355 e. The summed E-state index contributed by atoms with van der Waals surface area (Å²) in [6.07, 6.45) is 3.66. The first kappa shape index (κ1) is 18.9. The second-order valence-electron chi connectivity index (χ2n) is 8.32. The second kappa shape index (κ2) is 7.55. The minimum Gasteiger partial charge on any atom is -0.355 e. The Morgan fingerprint density at radius 1 is 0.828 bits per heavy atom. The molecule has 0 aliphatic heterocycles. The van der Waals surface area contributed by atoms with Crippen LogP contribution in [-0.2, 0) is 5.41 Å².